The highest BCUT2D eigenvalue weighted by Crippen LogP contribution is 2.18. The molecule has 29 heavy (non-hydrogen) atoms. The van der Waals surface area contributed by atoms with Gasteiger partial charge in [-0.1, -0.05) is 36.4 Å². The van der Waals surface area contributed by atoms with Gasteiger partial charge in [0.05, 0.1) is 17.3 Å². The lowest BCUT2D eigenvalue weighted by Gasteiger charge is -2.24. The highest BCUT2D eigenvalue weighted by Gasteiger charge is 2.16. The SMILES string of the molecule is CN(CCN(C(=O)/C=C/c1n[nH]c2ccccc12)c1ccccc1)C(=O)CC#N. The lowest BCUT2D eigenvalue weighted by Crippen LogP contribution is -2.38. The number of carbonyl (C=O) groups excluding carboxylic acids is 2. The van der Waals surface area contributed by atoms with Crippen LogP contribution in [0, 0.1) is 11.3 Å². The molecular formula is C22H21N5O2. The number of carbonyl (C=O) groups is 2. The first kappa shape index (κ1) is 19.8. The van der Waals surface area contributed by atoms with Gasteiger partial charge in [-0.15, -0.1) is 0 Å². The van der Waals surface area contributed by atoms with Gasteiger partial charge >= 0.3 is 0 Å². The summed E-state index contributed by atoms with van der Waals surface area (Å²) in [5.41, 5.74) is 2.32. The summed E-state index contributed by atoms with van der Waals surface area (Å²) >= 11 is 0. The van der Waals surface area contributed by atoms with Gasteiger partial charge in [-0.25, -0.2) is 0 Å². The van der Waals surface area contributed by atoms with Crippen molar-refractivity contribution < 1.29 is 9.59 Å². The smallest absolute Gasteiger partial charge is 0.251 e. The summed E-state index contributed by atoms with van der Waals surface area (Å²) in [5, 5.41) is 16.8. The molecule has 2 aromatic carbocycles. The van der Waals surface area contributed by atoms with Crippen LogP contribution in [-0.2, 0) is 9.59 Å². The molecule has 7 heteroatoms. The summed E-state index contributed by atoms with van der Waals surface area (Å²) in [4.78, 5) is 27.8. The van der Waals surface area contributed by atoms with Gasteiger partial charge in [0.25, 0.3) is 5.91 Å². The third kappa shape index (κ3) is 4.87. The standard InChI is InChI=1S/C22H21N5O2/c1-26(21(28)13-14-23)15-16-27(17-7-3-2-4-8-17)22(29)12-11-20-18-9-5-6-10-19(18)24-25-20/h2-12H,13,15-16H2,1H3,(H,24,25)/b12-11+. The average Bonchev–Trinajstić information content (AvgIpc) is 3.16. The second-order valence-corrected chi connectivity index (χ2v) is 6.46. The number of anilines is 1. The summed E-state index contributed by atoms with van der Waals surface area (Å²) in [7, 11) is 1.62. The Morgan fingerprint density at radius 1 is 1.10 bits per heavy atom. The number of fused-ring (bicyclic) bond motifs is 1. The largest absolute Gasteiger partial charge is 0.343 e. The second kappa shape index (κ2) is 9.33. The maximum absolute atomic E-state index is 12.9. The monoisotopic (exact) mass is 387 g/mol. The fourth-order valence-electron chi connectivity index (χ4n) is 2.90. The van der Waals surface area contributed by atoms with Crippen LogP contribution in [0.2, 0.25) is 0 Å². The van der Waals surface area contributed by atoms with Crippen molar-refractivity contribution in [3.63, 3.8) is 0 Å². The lowest BCUT2D eigenvalue weighted by atomic mass is 10.2. The Bertz CT molecular complexity index is 1070. The second-order valence-electron chi connectivity index (χ2n) is 6.46. The van der Waals surface area contributed by atoms with Crippen LogP contribution in [-0.4, -0.2) is 47.0 Å². The number of nitrogens with zero attached hydrogens (tertiary/aromatic N) is 4. The number of amides is 2. The van der Waals surface area contributed by atoms with E-state index in [1.807, 2.05) is 60.7 Å². The summed E-state index contributed by atoms with van der Waals surface area (Å²) in [6.07, 6.45) is 2.98. The first-order valence-electron chi connectivity index (χ1n) is 9.19. The van der Waals surface area contributed by atoms with Crippen LogP contribution in [0.4, 0.5) is 5.69 Å². The molecule has 0 unspecified atom stereocenters. The maximum Gasteiger partial charge on any atom is 0.251 e. The zero-order valence-electron chi connectivity index (χ0n) is 16.1. The van der Waals surface area contributed by atoms with Gasteiger partial charge < -0.3 is 9.80 Å². The molecule has 0 spiro atoms. The Kier molecular flexibility index (Phi) is 6.38. The number of likely N-dealkylation sites (N-methyl/N-ethyl adjacent to an activating group) is 1. The van der Waals surface area contributed by atoms with E-state index in [9.17, 15) is 9.59 Å². The number of aromatic nitrogens is 2. The van der Waals surface area contributed by atoms with Gasteiger partial charge in [0.15, 0.2) is 0 Å². The van der Waals surface area contributed by atoms with Crippen molar-refractivity contribution >= 4 is 34.5 Å². The van der Waals surface area contributed by atoms with Crippen molar-refractivity contribution in [1.29, 1.82) is 5.26 Å². The molecule has 146 valence electrons. The van der Waals surface area contributed by atoms with Crippen LogP contribution >= 0.6 is 0 Å². The van der Waals surface area contributed by atoms with Crippen molar-refractivity contribution in [2.24, 2.45) is 0 Å². The molecule has 2 amide bonds. The van der Waals surface area contributed by atoms with Gasteiger partial charge in [0.1, 0.15) is 6.42 Å². The molecule has 0 atom stereocenters. The molecule has 0 bridgehead atoms. The van der Waals surface area contributed by atoms with Crippen LogP contribution in [0.1, 0.15) is 12.1 Å². The molecule has 0 aliphatic heterocycles. The van der Waals surface area contributed by atoms with Crippen LogP contribution < -0.4 is 4.90 Å². The summed E-state index contributed by atoms with van der Waals surface area (Å²) < 4.78 is 0. The Labute approximate surface area is 168 Å². The summed E-state index contributed by atoms with van der Waals surface area (Å²) in [6, 6.07) is 18.8. The Hall–Kier alpha value is -3.92. The normalized spacial score (nSPS) is 10.8. The van der Waals surface area contributed by atoms with Gasteiger partial charge in [0, 0.05) is 37.3 Å². The van der Waals surface area contributed by atoms with Crippen molar-refractivity contribution in [2.75, 3.05) is 25.0 Å². The van der Waals surface area contributed by atoms with Gasteiger partial charge in [-0.05, 0) is 24.3 Å². The van der Waals surface area contributed by atoms with E-state index in [4.69, 9.17) is 5.26 Å². The van der Waals surface area contributed by atoms with Crippen LogP contribution in [0.3, 0.4) is 0 Å². The van der Waals surface area contributed by atoms with E-state index < -0.39 is 0 Å². The third-order valence-electron chi connectivity index (χ3n) is 4.53. The highest BCUT2D eigenvalue weighted by atomic mass is 16.2. The molecule has 1 aromatic heterocycles. The molecule has 1 heterocycles. The summed E-state index contributed by atoms with van der Waals surface area (Å²) in [5.74, 6) is -0.490. The van der Waals surface area contributed by atoms with Crippen molar-refractivity contribution in [3.05, 3.63) is 66.4 Å². The minimum Gasteiger partial charge on any atom is -0.343 e. The van der Waals surface area contributed by atoms with E-state index in [2.05, 4.69) is 10.2 Å². The van der Waals surface area contributed by atoms with Crippen molar-refractivity contribution in [3.8, 4) is 6.07 Å². The van der Waals surface area contributed by atoms with E-state index >= 15 is 0 Å². The van der Waals surface area contributed by atoms with E-state index in [0.717, 1.165) is 16.6 Å². The highest BCUT2D eigenvalue weighted by molar-refractivity contribution is 6.04. The molecule has 0 fully saturated rings. The zero-order chi connectivity index (χ0) is 20.6. The topological polar surface area (TPSA) is 93.1 Å². The third-order valence-corrected chi connectivity index (χ3v) is 4.53. The number of H-pyrrole nitrogens is 1. The Morgan fingerprint density at radius 2 is 1.83 bits per heavy atom. The van der Waals surface area contributed by atoms with Gasteiger partial charge in [-0.2, -0.15) is 10.4 Å². The number of nitriles is 1. The first-order valence-corrected chi connectivity index (χ1v) is 9.19. The number of rotatable bonds is 7. The molecule has 0 saturated carbocycles. The number of hydrogen-bond acceptors (Lipinski definition) is 4. The molecule has 0 radical (unpaired) electrons. The number of para-hydroxylation sites is 2. The van der Waals surface area contributed by atoms with E-state index in [0.29, 0.717) is 18.8 Å². The minimum absolute atomic E-state index is 0.179. The Balaban J connectivity index is 1.77. The van der Waals surface area contributed by atoms with E-state index in [1.165, 1.54) is 11.0 Å². The molecular weight excluding hydrogens is 366 g/mol. The van der Waals surface area contributed by atoms with Gasteiger partial charge in [-0.3, -0.25) is 14.7 Å². The Morgan fingerprint density at radius 3 is 2.59 bits per heavy atom. The number of aromatic amines is 1. The van der Waals surface area contributed by atoms with E-state index in [-0.39, 0.29) is 18.2 Å². The molecule has 0 aliphatic rings. The van der Waals surface area contributed by atoms with Crippen LogP contribution in [0.25, 0.3) is 17.0 Å². The molecule has 1 N–H and O–H groups in total. The van der Waals surface area contributed by atoms with Crippen LogP contribution in [0.5, 0.6) is 0 Å². The minimum atomic E-state index is -0.272. The molecule has 0 saturated heterocycles. The number of hydrogen-bond donors (Lipinski definition) is 1. The predicted octanol–water partition coefficient (Wildman–Crippen LogP) is 2.98. The molecule has 0 aliphatic carbocycles. The van der Waals surface area contributed by atoms with Crippen molar-refractivity contribution in [1.82, 2.24) is 15.1 Å². The molecule has 7 nitrogen and oxygen atoms in total. The fraction of sp³-hybridized carbons (Fsp3) is 0.182. The lowest BCUT2D eigenvalue weighted by molar-refractivity contribution is -0.129. The quantitative estimate of drug-likeness (QED) is 0.631. The predicted molar refractivity (Wildman–Crippen MR) is 112 cm³/mol. The number of benzene rings is 2. The molecule has 3 rings (SSSR count). The maximum atomic E-state index is 12.9. The average molecular weight is 387 g/mol. The first-order chi connectivity index (χ1) is 14.1. The van der Waals surface area contributed by atoms with Crippen LogP contribution in [0.15, 0.2) is 60.7 Å². The van der Waals surface area contributed by atoms with Crippen molar-refractivity contribution in [2.45, 2.75) is 6.42 Å². The molecule has 3 aromatic rings. The summed E-state index contributed by atoms with van der Waals surface area (Å²) in [6.45, 7) is 0.627. The zero-order valence-corrected chi connectivity index (χ0v) is 16.1. The fourth-order valence-corrected chi connectivity index (χ4v) is 2.90. The van der Waals surface area contributed by atoms with E-state index in [1.54, 1.807) is 18.0 Å². The van der Waals surface area contributed by atoms with Gasteiger partial charge in [0.2, 0.25) is 5.91 Å². The number of nitrogens with one attached hydrogen (secondary N) is 1.